The molecule has 1 aromatic rings. The molecule has 1 fully saturated rings. The van der Waals surface area contributed by atoms with Gasteiger partial charge in [-0.3, -0.25) is 4.79 Å². The molecule has 0 unspecified atom stereocenters. The quantitative estimate of drug-likeness (QED) is 0.855. The Morgan fingerprint density at radius 2 is 2.10 bits per heavy atom. The van der Waals surface area contributed by atoms with Crippen LogP contribution in [0.25, 0.3) is 0 Å². The van der Waals surface area contributed by atoms with Gasteiger partial charge in [0.1, 0.15) is 5.82 Å². The van der Waals surface area contributed by atoms with Crippen molar-refractivity contribution in [2.75, 3.05) is 18.8 Å². The molecule has 4 nitrogen and oxygen atoms in total. The zero-order valence-corrected chi connectivity index (χ0v) is 13.1. The number of amides is 1. The molecule has 0 aromatic heterocycles. The maximum Gasteiger partial charge on any atom is 0.222 e. The average Bonchev–Trinajstić information content (AvgIpc) is 2.39. The number of carbonyl (C=O) groups is 1. The summed E-state index contributed by atoms with van der Waals surface area (Å²) in [5.74, 6) is -0.390. The Kier molecular flexibility index (Phi) is 4.37. The number of hydrogen-bond donors (Lipinski definition) is 0. The van der Waals surface area contributed by atoms with Gasteiger partial charge in [0.25, 0.3) is 0 Å². The maximum absolute atomic E-state index is 13.1. The van der Waals surface area contributed by atoms with Gasteiger partial charge in [-0.25, -0.2) is 12.8 Å². The first-order valence-electron chi connectivity index (χ1n) is 6.96. The predicted octanol–water partition coefficient (Wildman–Crippen LogP) is 1.79. The van der Waals surface area contributed by atoms with E-state index in [0.29, 0.717) is 6.42 Å². The molecule has 0 aliphatic carbocycles. The molecule has 0 saturated carbocycles. The second kappa shape index (κ2) is 5.75. The van der Waals surface area contributed by atoms with Crippen molar-refractivity contribution in [2.45, 2.75) is 31.4 Å². The summed E-state index contributed by atoms with van der Waals surface area (Å²) in [6, 6.07) is 6.17. The highest BCUT2D eigenvalue weighted by Gasteiger charge is 2.41. The van der Waals surface area contributed by atoms with E-state index in [1.165, 1.54) is 12.1 Å². The van der Waals surface area contributed by atoms with E-state index in [2.05, 4.69) is 0 Å². The van der Waals surface area contributed by atoms with Gasteiger partial charge in [-0.2, -0.15) is 0 Å². The van der Waals surface area contributed by atoms with Crippen LogP contribution in [0, 0.1) is 5.82 Å². The summed E-state index contributed by atoms with van der Waals surface area (Å²) in [5.41, 5.74) is 0.771. The van der Waals surface area contributed by atoms with Gasteiger partial charge in [0.2, 0.25) is 5.91 Å². The average molecular weight is 313 g/mol. The van der Waals surface area contributed by atoms with E-state index in [1.807, 2.05) is 0 Å². The molecule has 21 heavy (non-hydrogen) atoms. The third kappa shape index (κ3) is 3.61. The fraction of sp³-hybridized carbons (Fsp3) is 0.533. The van der Waals surface area contributed by atoms with Gasteiger partial charge in [0.05, 0.1) is 10.5 Å². The molecule has 1 amide bonds. The van der Waals surface area contributed by atoms with Crippen LogP contribution in [0.5, 0.6) is 0 Å². The molecule has 116 valence electrons. The minimum atomic E-state index is -3.14. The van der Waals surface area contributed by atoms with Crippen LogP contribution in [0.2, 0.25) is 0 Å². The highest BCUT2D eigenvalue weighted by molar-refractivity contribution is 7.92. The number of aryl methyl sites for hydroxylation is 1. The van der Waals surface area contributed by atoms with Gasteiger partial charge in [-0.05, 0) is 38.0 Å². The first-order valence-corrected chi connectivity index (χ1v) is 8.61. The summed E-state index contributed by atoms with van der Waals surface area (Å²) in [6.07, 6.45) is 0.722. The predicted molar refractivity (Wildman–Crippen MR) is 79.2 cm³/mol. The highest BCUT2D eigenvalue weighted by atomic mass is 32.2. The van der Waals surface area contributed by atoms with E-state index in [-0.39, 0.29) is 37.0 Å². The van der Waals surface area contributed by atoms with Crippen LogP contribution in [0.1, 0.15) is 25.8 Å². The van der Waals surface area contributed by atoms with Gasteiger partial charge in [0, 0.05) is 19.5 Å². The third-order valence-corrected chi connectivity index (χ3v) is 6.45. The summed E-state index contributed by atoms with van der Waals surface area (Å²) < 4.78 is 36.0. The Hall–Kier alpha value is -1.43. The fourth-order valence-electron chi connectivity index (χ4n) is 2.46. The molecule has 0 atom stereocenters. The number of rotatable bonds is 3. The minimum Gasteiger partial charge on any atom is -0.340 e. The molecule has 2 rings (SSSR count). The summed E-state index contributed by atoms with van der Waals surface area (Å²) in [7, 11) is -3.14. The molecule has 0 radical (unpaired) electrons. The van der Waals surface area contributed by atoms with Crippen LogP contribution in [0.15, 0.2) is 24.3 Å². The largest absolute Gasteiger partial charge is 0.340 e. The molecule has 1 aliphatic heterocycles. The minimum absolute atomic E-state index is 0.00566. The van der Waals surface area contributed by atoms with Crippen molar-refractivity contribution in [1.82, 2.24) is 4.90 Å². The Balaban J connectivity index is 1.96. The van der Waals surface area contributed by atoms with Crippen molar-refractivity contribution < 1.29 is 17.6 Å². The normalized spacial score (nSPS) is 20.2. The number of benzene rings is 1. The van der Waals surface area contributed by atoms with E-state index < -0.39 is 14.6 Å². The molecular weight excluding hydrogens is 293 g/mol. The third-order valence-electron chi connectivity index (χ3n) is 3.91. The summed E-state index contributed by atoms with van der Waals surface area (Å²) >= 11 is 0. The molecule has 1 heterocycles. The van der Waals surface area contributed by atoms with Gasteiger partial charge < -0.3 is 4.90 Å². The van der Waals surface area contributed by atoms with Crippen molar-refractivity contribution in [1.29, 1.82) is 0 Å². The molecule has 0 spiro atoms. The van der Waals surface area contributed by atoms with E-state index in [4.69, 9.17) is 0 Å². The van der Waals surface area contributed by atoms with Crippen molar-refractivity contribution >= 4 is 15.7 Å². The SMILES string of the molecule is CC1(C)CN(C(=O)CCc2cccc(F)c2)CCS1(=O)=O. The zero-order valence-electron chi connectivity index (χ0n) is 12.3. The number of carbonyl (C=O) groups excluding carboxylic acids is 1. The summed E-state index contributed by atoms with van der Waals surface area (Å²) in [4.78, 5) is 13.8. The molecule has 1 saturated heterocycles. The topological polar surface area (TPSA) is 54.5 Å². The number of nitrogens with zero attached hydrogens (tertiary/aromatic N) is 1. The summed E-state index contributed by atoms with van der Waals surface area (Å²) in [5, 5.41) is 0. The lowest BCUT2D eigenvalue weighted by molar-refractivity contribution is -0.131. The Labute approximate surface area is 124 Å². The second-order valence-electron chi connectivity index (χ2n) is 6.02. The standard InChI is InChI=1S/C15H20FNO3S/c1-15(2)11-17(8-9-21(15,19)20)14(18)7-6-12-4-3-5-13(16)10-12/h3-5,10H,6-9,11H2,1-2H3. The Morgan fingerprint density at radius 1 is 1.38 bits per heavy atom. The van der Waals surface area contributed by atoms with E-state index in [1.54, 1.807) is 30.9 Å². The van der Waals surface area contributed by atoms with E-state index >= 15 is 0 Å². The van der Waals surface area contributed by atoms with Gasteiger partial charge in [0.15, 0.2) is 9.84 Å². The lowest BCUT2D eigenvalue weighted by Gasteiger charge is -2.37. The molecule has 1 aromatic carbocycles. The summed E-state index contributed by atoms with van der Waals surface area (Å²) in [6.45, 7) is 3.76. The lowest BCUT2D eigenvalue weighted by atomic mass is 10.1. The van der Waals surface area contributed by atoms with Crippen LogP contribution in [-0.4, -0.2) is 42.8 Å². The molecule has 0 N–H and O–H groups in total. The van der Waals surface area contributed by atoms with Crippen molar-refractivity contribution in [3.05, 3.63) is 35.6 Å². The van der Waals surface area contributed by atoms with Crippen LogP contribution in [-0.2, 0) is 21.1 Å². The molecule has 0 bridgehead atoms. The number of halogens is 1. The van der Waals surface area contributed by atoms with E-state index in [9.17, 15) is 17.6 Å². The number of hydrogen-bond acceptors (Lipinski definition) is 3. The van der Waals surface area contributed by atoms with Crippen molar-refractivity contribution in [3.63, 3.8) is 0 Å². The fourth-order valence-corrected chi connectivity index (χ4v) is 3.82. The Morgan fingerprint density at radius 3 is 2.71 bits per heavy atom. The Bertz CT molecular complexity index is 640. The first-order chi connectivity index (χ1) is 9.71. The lowest BCUT2D eigenvalue weighted by Crippen LogP contribution is -2.54. The van der Waals surface area contributed by atoms with Crippen molar-refractivity contribution in [2.24, 2.45) is 0 Å². The second-order valence-corrected chi connectivity index (χ2v) is 8.77. The molecule has 1 aliphatic rings. The van der Waals surface area contributed by atoms with Crippen LogP contribution >= 0.6 is 0 Å². The van der Waals surface area contributed by atoms with Crippen LogP contribution in [0.3, 0.4) is 0 Å². The maximum atomic E-state index is 13.1. The smallest absolute Gasteiger partial charge is 0.222 e. The van der Waals surface area contributed by atoms with E-state index in [0.717, 1.165) is 5.56 Å². The molecular formula is C15H20FNO3S. The van der Waals surface area contributed by atoms with Crippen LogP contribution in [0.4, 0.5) is 4.39 Å². The van der Waals surface area contributed by atoms with Gasteiger partial charge in [-0.1, -0.05) is 12.1 Å². The molecule has 6 heteroatoms. The zero-order chi connectivity index (χ0) is 15.7. The van der Waals surface area contributed by atoms with Gasteiger partial charge >= 0.3 is 0 Å². The van der Waals surface area contributed by atoms with Crippen LogP contribution < -0.4 is 0 Å². The monoisotopic (exact) mass is 313 g/mol. The van der Waals surface area contributed by atoms with Gasteiger partial charge in [-0.15, -0.1) is 0 Å². The number of sulfone groups is 1. The first kappa shape index (κ1) is 15.9. The van der Waals surface area contributed by atoms with Crippen molar-refractivity contribution in [3.8, 4) is 0 Å². The highest BCUT2D eigenvalue weighted by Crippen LogP contribution is 2.24.